The van der Waals surface area contributed by atoms with Gasteiger partial charge in [0.25, 0.3) is 0 Å². The SMILES string of the molecule is COc1ccc2cc1OCCCN(C(C)=O)CC(=O)NCCc1c([nH]c3ccccc13)C2. The highest BCUT2D eigenvalue weighted by atomic mass is 16.5. The molecule has 2 N–H and O–H groups in total. The summed E-state index contributed by atoms with van der Waals surface area (Å²) >= 11 is 0. The molecule has 2 heterocycles. The van der Waals surface area contributed by atoms with Crippen LogP contribution in [0.5, 0.6) is 11.5 Å². The number of carbonyl (C=O) groups excluding carboxylic acids is 2. The van der Waals surface area contributed by atoms with Crippen molar-refractivity contribution < 1.29 is 19.1 Å². The molecule has 1 aromatic heterocycles. The Bertz CT molecular complexity index is 1120. The average molecular weight is 436 g/mol. The Balaban J connectivity index is 1.69. The second-order valence-corrected chi connectivity index (χ2v) is 8.03. The Morgan fingerprint density at radius 1 is 1.19 bits per heavy atom. The van der Waals surface area contributed by atoms with E-state index < -0.39 is 0 Å². The lowest BCUT2D eigenvalue weighted by Gasteiger charge is -2.21. The van der Waals surface area contributed by atoms with Gasteiger partial charge < -0.3 is 24.7 Å². The predicted molar refractivity (Wildman–Crippen MR) is 123 cm³/mol. The van der Waals surface area contributed by atoms with Crippen LogP contribution in [0.1, 0.15) is 30.2 Å². The van der Waals surface area contributed by atoms with Crippen LogP contribution in [0.25, 0.3) is 10.9 Å². The molecule has 0 aliphatic carbocycles. The molecular weight excluding hydrogens is 406 g/mol. The fraction of sp³-hybridized carbons (Fsp3) is 0.360. The lowest BCUT2D eigenvalue weighted by atomic mass is 10.0. The van der Waals surface area contributed by atoms with Crippen molar-refractivity contribution >= 4 is 22.7 Å². The molecule has 0 radical (unpaired) electrons. The van der Waals surface area contributed by atoms with Gasteiger partial charge in [0, 0.05) is 43.0 Å². The molecule has 0 saturated carbocycles. The third-order valence-electron chi connectivity index (χ3n) is 5.82. The summed E-state index contributed by atoms with van der Waals surface area (Å²) in [5.41, 5.74) is 4.49. The first-order chi connectivity index (χ1) is 15.5. The molecule has 0 fully saturated rings. The molecule has 0 saturated heterocycles. The summed E-state index contributed by atoms with van der Waals surface area (Å²) in [7, 11) is 1.62. The normalized spacial score (nSPS) is 15.6. The van der Waals surface area contributed by atoms with E-state index in [1.807, 2.05) is 30.3 Å². The van der Waals surface area contributed by atoms with Crippen molar-refractivity contribution in [3.05, 3.63) is 59.3 Å². The van der Waals surface area contributed by atoms with Crippen molar-refractivity contribution in [2.24, 2.45) is 0 Å². The van der Waals surface area contributed by atoms with Crippen molar-refractivity contribution in [3.63, 3.8) is 0 Å². The van der Waals surface area contributed by atoms with E-state index in [1.165, 1.54) is 12.5 Å². The van der Waals surface area contributed by atoms with Crippen LogP contribution in [0.2, 0.25) is 0 Å². The zero-order valence-electron chi connectivity index (χ0n) is 18.6. The third kappa shape index (κ3) is 4.88. The van der Waals surface area contributed by atoms with Gasteiger partial charge in [0.1, 0.15) is 0 Å². The quantitative estimate of drug-likeness (QED) is 0.615. The minimum absolute atomic E-state index is 0.0505. The van der Waals surface area contributed by atoms with Gasteiger partial charge >= 0.3 is 0 Å². The van der Waals surface area contributed by atoms with E-state index in [0.29, 0.717) is 44.0 Å². The second kappa shape index (κ2) is 9.77. The largest absolute Gasteiger partial charge is 0.493 e. The molecule has 7 nitrogen and oxygen atoms in total. The van der Waals surface area contributed by atoms with Crippen LogP contribution in [0.4, 0.5) is 0 Å². The molecule has 2 bridgehead atoms. The molecule has 4 rings (SSSR count). The fourth-order valence-electron chi connectivity index (χ4n) is 4.18. The topological polar surface area (TPSA) is 83.7 Å². The monoisotopic (exact) mass is 435 g/mol. The first-order valence-corrected chi connectivity index (χ1v) is 11.0. The Hall–Kier alpha value is -3.48. The van der Waals surface area contributed by atoms with Crippen LogP contribution in [0.15, 0.2) is 42.5 Å². The van der Waals surface area contributed by atoms with Crippen molar-refractivity contribution in [2.45, 2.75) is 26.2 Å². The van der Waals surface area contributed by atoms with Gasteiger partial charge in [-0.3, -0.25) is 9.59 Å². The highest BCUT2D eigenvalue weighted by Crippen LogP contribution is 2.31. The molecule has 32 heavy (non-hydrogen) atoms. The Kier molecular flexibility index (Phi) is 6.63. The van der Waals surface area contributed by atoms with Gasteiger partial charge in [-0.2, -0.15) is 0 Å². The highest BCUT2D eigenvalue weighted by molar-refractivity contribution is 5.85. The number of hydrogen-bond donors (Lipinski definition) is 2. The summed E-state index contributed by atoms with van der Waals surface area (Å²) < 4.78 is 11.5. The molecule has 0 spiro atoms. The van der Waals surface area contributed by atoms with Crippen LogP contribution in [0, 0.1) is 0 Å². The van der Waals surface area contributed by atoms with Gasteiger partial charge in [0.15, 0.2) is 11.5 Å². The standard InChI is InChI=1S/C25H29N3O4/c1-17(29)28-12-5-13-32-24-15-18(8-9-23(24)31-2)14-22-20(10-11-26-25(30)16-28)19-6-3-4-7-21(19)27-22/h3-4,6-9,15,27H,5,10-14,16H2,1-2H3,(H,26,30). The number of para-hydroxylation sites is 1. The third-order valence-corrected chi connectivity index (χ3v) is 5.82. The predicted octanol–water partition coefficient (Wildman–Crippen LogP) is 3.06. The molecular formula is C25H29N3O4. The summed E-state index contributed by atoms with van der Waals surface area (Å²) in [5.74, 6) is 1.08. The molecule has 1 aliphatic heterocycles. The summed E-state index contributed by atoms with van der Waals surface area (Å²) in [6.07, 6.45) is 2.04. The fourth-order valence-corrected chi connectivity index (χ4v) is 4.18. The van der Waals surface area contributed by atoms with Crippen molar-refractivity contribution in [1.29, 1.82) is 0 Å². The number of nitrogens with zero attached hydrogens (tertiary/aromatic N) is 1. The van der Waals surface area contributed by atoms with Crippen LogP contribution < -0.4 is 14.8 Å². The van der Waals surface area contributed by atoms with Crippen LogP contribution in [0.3, 0.4) is 0 Å². The number of amides is 2. The maximum Gasteiger partial charge on any atom is 0.239 e. The van der Waals surface area contributed by atoms with Crippen molar-refractivity contribution in [1.82, 2.24) is 15.2 Å². The summed E-state index contributed by atoms with van der Waals surface area (Å²) in [6, 6.07) is 14.2. The average Bonchev–Trinajstić information content (AvgIpc) is 3.12. The van der Waals surface area contributed by atoms with Crippen molar-refractivity contribution in [3.8, 4) is 11.5 Å². The van der Waals surface area contributed by atoms with Gasteiger partial charge in [-0.15, -0.1) is 0 Å². The number of methoxy groups -OCH3 is 1. The van der Waals surface area contributed by atoms with Crippen LogP contribution >= 0.6 is 0 Å². The Labute approximate surface area is 187 Å². The number of hydrogen-bond acceptors (Lipinski definition) is 4. The van der Waals surface area contributed by atoms with Crippen molar-refractivity contribution in [2.75, 3.05) is 33.4 Å². The Morgan fingerprint density at radius 2 is 2.03 bits per heavy atom. The van der Waals surface area contributed by atoms with E-state index in [4.69, 9.17) is 9.47 Å². The molecule has 7 heteroatoms. The van der Waals surface area contributed by atoms with Gasteiger partial charge in [-0.05, 0) is 42.2 Å². The van der Waals surface area contributed by atoms with E-state index in [9.17, 15) is 9.59 Å². The van der Waals surface area contributed by atoms with E-state index in [1.54, 1.807) is 12.0 Å². The summed E-state index contributed by atoms with van der Waals surface area (Å²) in [6.45, 7) is 2.92. The minimum Gasteiger partial charge on any atom is -0.493 e. The first kappa shape index (κ1) is 21.7. The zero-order chi connectivity index (χ0) is 22.5. The number of fused-ring (bicyclic) bond motifs is 5. The molecule has 2 amide bonds. The highest BCUT2D eigenvalue weighted by Gasteiger charge is 2.17. The number of benzene rings is 2. The molecule has 168 valence electrons. The van der Waals surface area contributed by atoms with E-state index in [-0.39, 0.29) is 18.4 Å². The first-order valence-electron chi connectivity index (χ1n) is 11.0. The number of aromatic nitrogens is 1. The molecule has 1 aliphatic rings. The van der Waals surface area contributed by atoms with Gasteiger partial charge in [0.05, 0.1) is 20.3 Å². The zero-order valence-corrected chi connectivity index (χ0v) is 18.6. The van der Waals surface area contributed by atoms with E-state index in [0.717, 1.165) is 28.6 Å². The maximum absolute atomic E-state index is 12.5. The molecule has 3 aromatic rings. The molecule has 0 unspecified atom stereocenters. The molecule has 2 aromatic carbocycles. The van der Waals surface area contributed by atoms with Crippen LogP contribution in [-0.4, -0.2) is 55.0 Å². The number of nitrogens with one attached hydrogen (secondary N) is 2. The smallest absolute Gasteiger partial charge is 0.239 e. The van der Waals surface area contributed by atoms with E-state index >= 15 is 0 Å². The Morgan fingerprint density at radius 3 is 2.84 bits per heavy atom. The lowest BCUT2D eigenvalue weighted by Crippen LogP contribution is -2.41. The molecule has 0 atom stereocenters. The van der Waals surface area contributed by atoms with E-state index in [2.05, 4.69) is 22.4 Å². The van der Waals surface area contributed by atoms with Gasteiger partial charge in [-0.1, -0.05) is 24.3 Å². The van der Waals surface area contributed by atoms with Crippen LogP contribution in [-0.2, 0) is 22.4 Å². The minimum atomic E-state index is -0.151. The summed E-state index contributed by atoms with van der Waals surface area (Å²) in [5, 5.41) is 4.13. The summed E-state index contributed by atoms with van der Waals surface area (Å²) in [4.78, 5) is 29.5. The number of carbonyl (C=O) groups is 2. The number of ether oxygens (including phenoxy) is 2. The van der Waals surface area contributed by atoms with Gasteiger partial charge in [0.2, 0.25) is 11.8 Å². The number of H-pyrrole nitrogens is 1. The maximum atomic E-state index is 12.5. The number of aromatic amines is 1. The van der Waals surface area contributed by atoms with Gasteiger partial charge in [-0.25, -0.2) is 0 Å². The number of rotatable bonds is 1. The second-order valence-electron chi connectivity index (χ2n) is 8.03. The lowest BCUT2D eigenvalue weighted by molar-refractivity contribution is -0.134.